The monoisotopic (exact) mass is 221 g/mol. The van der Waals surface area contributed by atoms with Crippen LogP contribution in [-0.2, 0) is 5.88 Å². The molecule has 3 rings (SSSR count). The molecule has 1 saturated carbocycles. The van der Waals surface area contributed by atoms with Gasteiger partial charge in [0.25, 0.3) is 0 Å². The molecule has 0 radical (unpaired) electrons. The van der Waals surface area contributed by atoms with Crippen LogP contribution in [-0.4, -0.2) is 14.5 Å². The summed E-state index contributed by atoms with van der Waals surface area (Å²) in [6.07, 6.45) is 7.45. The van der Waals surface area contributed by atoms with Crippen LogP contribution in [0.1, 0.15) is 31.1 Å². The fourth-order valence-electron chi connectivity index (χ4n) is 2.14. The first-order valence-electron chi connectivity index (χ1n) is 5.27. The fourth-order valence-corrected chi connectivity index (χ4v) is 2.33. The van der Waals surface area contributed by atoms with E-state index < -0.39 is 0 Å². The number of pyridine rings is 1. The minimum atomic E-state index is 0.477. The predicted molar refractivity (Wildman–Crippen MR) is 60.0 cm³/mol. The molecule has 2 aromatic heterocycles. The van der Waals surface area contributed by atoms with Gasteiger partial charge in [-0.2, -0.15) is 0 Å². The Balaban J connectivity index is 2.22. The number of rotatable bonds is 2. The molecule has 0 amide bonds. The molecule has 0 atom stereocenters. The van der Waals surface area contributed by atoms with Gasteiger partial charge >= 0.3 is 0 Å². The Kier molecular flexibility index (Phi) is 2.13. The number of nitrogens with zero attached hydrogens (tertiary/aromatic N) is 3. The number of aromatic nitrogens is 3. The smallest absolute Gasteiger partial charge is 0.125 e. The lowest BCUT2D eigenvalue weighted by Crippen LogP contribution is -2.18. The van der Waals surface area contributed by atoms with Crippen molar-refractivity contribution < 1.29 is 0 Å². The van der Waals surface area contributed by atoms with Gasteiger partial charge in [-0.15, -0.1) is 11.6 Å². The third-order valence-electron chi connectivity index (χ3n) is 3.12. The minimum Gasteiger partial charge on any atom is -0.323 e. The van der Waals surface area contributed by atoms with Crippen molar-refractivity contribution in [3.05, 3.63) is 24.3 Å². The van der Waals surface area contributed by atoms with E-state index in [1.165, 1.54) is 19.3 Å². The Hall–Kier alpha value is -1.09. The van der Waals surface area contributed by atoms with E-state index in [0.29, 0.717) is 11.9 Å². The van der Waals surface area contributed by atoms with Gasteiger partial charge in [0.2, 0.25) is 0 Å². The van der Waals surface area contributed by atoms with Crippen molar-refractivity contribution >= 4 is 22.6 Å². The first kappa shape index (κ1) is 9.16. The fraction of sp³-hybridized carbons (Fsp3) is 0.455. The summed E-state index contributed by atoms with van der Waals surface area (Å²) in [5.41, 5.74) is 2.13. The van der Waals surface area contributed by atoms with Gasteiger partial charge in [-0.3, -0.25) is 4.98 Å². The zero-order valence-electron chi connectivity index (χ0n) is 8.36. The van der Waals surface area contributed by atoms with Crippen molar-refractivity contribution in [3.63, 3.8) is 0 Å². The maximum atomic E-state index is 5.92. The summed E-state index contributed by atoms with van der Waals surface area (Å²) < 4.78 is 2.26. The Morgan fingerprint density at radius 3 is 3.00 bits per heavy atom. The van der Waals surface area contributed by atoms with Crippen LogP contribution < -0.4 is 0 Å². The highest BCUT2D eigenvalue weighted by Gasteiger charge is 2.23. The van der Waals surface area contributed by atoms with Crippen molar-refractivity contribution in [2.75, 3.05) is 0 Å². The average molecular weight is 222 g/mol. The Morgan fingerprint density at radius 2 is 2.33 bits per heavy atom. The van der Waals surface area contributed by atoms with Crippen molar-refractivity contribution in [2.45, 2.75) is 31.2 Å². The highest BCUT2D eigenvalue weighted by molar-refractivity contribution is 6.16. The van der Waals surface area contributed by atoms with Crippen molar-refractivity contribution in [3.8, 4) is 0 Å². The third kappa shape index (κ3) is 1.34. The van der Waals surface area contributed by atoms with Crippen LogP contribution in [0, 0.1) is 0 Å². The standard InChI is InChI=1S/C11H12ClN3/c12-6-11-14-9-4-5-13-7-10(9)15(11)8-2-1-3-8/h4-5,7-8H,1-3,6H2. The highest BCUT2D eigenvalue weighted by Crippen LogP contribution is 2.35. The van der Waals surface area contributed by atoms with Crippen LogP contribution in [0.2, 0.25) is 0 Å². The Labute approximate surface area is 93.1 Å². The largest absolute Gasteiger partial charge is 0.323 e. The summed E-state index contributed by atoms with van der Waals surface area (Å²) in [4.78, 5) is 8.68. The van der Waals surface area contributed by atoms with Gasteiger partial charge in [-0.25, -0.2) is 4.98 Å². The number of alkyl halides is 1. The average Bonchev–Trinajstić information content (AvgIpc) is 2.55. The summed E-state index contributed by atoms with van der Waals surface area (Å²) in [5.74, 6) is 1.45. The summed E-state index contributed by atoms with van der Waals surface area (Å²) in [5, 5.41) is 0. The predicted octanol–water partition coefficient (Wildman–Crippen LogP) is 2.90. The normalized spacial score (nSPS) is 16.9. The van der Waals surface area contributed by atoms with Crippen LogP contribution >= 0.6 is 11.6 Å². The molecule has 2 aromatic rings. The summed E-state index contributed by atoms with van der Waals surface area (Å²) >= 11 is 5.92. The first-order chi connectivity index (χ1) is 7.40. The van der Waals surface area contributed by atoms with E-state index in [0.717, 1.165) is 16.9 Å². The second kappa shape index (κ2) is 3.49. The van der Waals surface area contributed by atoms with E-state index in [9.17, 15) is 0 Å². The lowest BCUT2D eigenvalue weighted by Gasteiger charge is -2.28. The molecule has 1 fully saturated rings. The van der Waals surface area contributed by atoms with Crippen molar-refractivity contribution in [1.82, 2.24) is 14.5 Å². The van der Waals surface area contributed by atoms with E-state index in [1.54, 1.807) is 6.20 Å². The van der Waals surface area contributed by atoms with Crippen LogP contribution in [0.25, 0.3) is 11.0 Å². The summed E-state index contributed by atoms with van der Waals surface area (Å²) in [7, 11) is 0. The van der Waals surface area contributed by atoms with Crippen LogP contribution in [0.5, 0.6) is 0 Å². The number of imidazole rings is 1. The molecule has 0 spiro atoms. The highest BCUT2D eigenvalue weighted by atomic mass is 35.5. The van der Waals surface area contributed by atoms with E-state index in [1.807, 2.05) is 12.3 Å². The SMILES string of the molecule is ClCc1nc2ccncc2n1C1CCC1. The molecule has 0 saturated heterocycles. The summed E-state index contributed by atoms with van der Waals surface area (Å²) in [6, 6.07) is 2.54. The Morgan fingerprint density at radius 1 is 1.47 bits per heavy atom. The number of hydrogen-bond acceptors (Lipinski definition) is 2. The molecule has 0 N–H and O–H groups in total. The third-order valence-corrected chi connectivity index (χ3v) is 3.36. The molecular formula is C11H12ClN3. The van der Waals surface area contributed by atoms with Gasteiger partial charge in [0.1, 0.15) is 5.82 Å². The molecule has 0 aliphatic heterocycles. The lowest BCUT2D eigenvalue weighted by atomic mass is 9.92. The quantitative estimate of drug-likeness (QED) is 0.731. The van der Waals surface area contributed by atoms with Gasteiger partial charge in [0.05, 0.1) is 23.1 Å². The van der Waals surface area contributed by atoms with Gasteiger partial charge in [0.15, 0.2) is 0 Å². The van der Waals surface area contributed by atoms with E-state index in [-0.39, 0.29) is 0 Å². The minimum absolute atomic E-state index is 0.477. The van der Waals surface area contributed by atoms with Gasteiger partial charge < -0.3 is 4.57 Å². The molecular weight excluding hydrogens is 210 g/mol. The van der Waals surface area contributed by atoms with Gasteiger partial charge in [-0.05, 0) is 25.3 Å². The second-order valence-electron chi connectivity index (χ2n) is 3.98. The molecule has 0 aromatic carbocycles. The summed E-state index contributed by atoms with van der Waals surface area (Å²) in [6.45, 7) is 0. The first-order valence-corrected chi connectivity index (χ1v) is 5.80. The lowest BCUT2D eigenvalue weighted by molar-refractivity contribution is 0.315. The molecule has 78 valence electrons. The van der Waals surface area contributed by atoms with Crippen LogP contribution in [0.3, 0.4) is 0 Å². The number of fused-ring (bicyclic) bond motifs is 1. The zero-order chi connectivity index (χ0) is 10.3. The molecule has 1 aliphatic rings. The second-order valence-corrected chi connectivity index (χ2v) is 4.25. The maximum Gasteiger partial charge on any atom is 0.125 e. The topological polar surface area (TPSA) is 30.7 Å². The molecule has 4 heteroatoms. The molecule has 2 heterocycles. The van der Waals surface area contributed by atoms with Crippen LogP contribution in [0.4, 0.5) is 0 Å². The van der Waals surface area contributed by atoms with Gasteiger partial charge in [-0.1, -0.05) is 0 Å². The molecule has 15 heavy (non-hydrogen) atoms. The maximum absolute atomic E-state index is 5.92. The molecule has 0 bridgehead atoms. The van der Waals surface area contributed by atoms with E-state index >= 15 is 0 Å². The van der Waals surface area contributed by atoms with Crippen molar-refractivity contribution in [1.29, 1.82) is 0 Å². The van der Waals surface area contributed by atoms with E-state index in [2.05, 4.69) is 14.5 Å². The van der Waals surface area contributed by atoms with Gasteiger partial charge in [0, 0.05) is 12.2 Å². The molecule has 0 unspecified atom stereocenters. The van der Waals surface area contributed by atoms with Crippen molar-refractivity contribution in [2.24, 2.45) is 0 Å². The number of hydrogen-bond donors (Lipinski definition) is 0. The zero-order valence-corrected chi connectivity index (χ0v) is 9.11. The van der Waals surface area contributed by atoms with E-state index in [4.69, 9.17) is 11.6 Å². The molecule has 3 nitrogen and oxygen atoms in total. The Bertz CT molecular complexity index is 488. The van der Waals surface area contributed by atoms with Crippen LogP contribution in [0.15, 0.2) is 18.5 Å². The molecule has 1 aliphatic carbocycles. The number of halogens is 1.